The van der Waals surface area contributed by atoms with Gasteiger partial charge in [-0.05, 0) is 55.5 Å². The summed E-state index contributed by atoms with van der Waals surface area (Å²) in [5.41, 5.74) is 7.67. The second-order valence-electron chi connectivity index (χ2n) is 5.28. The molecule has 0 aliphatic carbocycles. The molecular formula is C15H23FN2O. The molecule has 1 aliphatic heterocycles. The van der Waals surface area contributed by atoms with E-state index in [2.05, 4.69) is 11.9 Å². The van der Waals surface area contributed by atoms with Gasteiger partial charge in [0.15, 0.2) is 0 Å². The van der Waals surface area contributed by atoms with Crippen molar-refractivity contribution in [2.24, 2.45) is 11.7 Å². The number of hydrogen-bond donors (Lipinski definition) is 1. The molecule has 1 aromatic rings. The minimum absolute atomic E-state index is 0.193. The largest absolute Gasteiger partial charge is 0.381 e. The molecule has 4 heteroatoms. The SMILES string of the molecule is CN(CC1CCCOC1)c1ccc(F)cc1CCN. The maximum absolute atomic E-state index is 13.3. The lowest BCUT2D eigenvalue weighted by Crippen LogP contribution is -2.31. The third-order valence-corrected chi connectivity index (χ3v) is 3.65. The molecule has 1 unspecified atom stereocenters. The highest BCUT2D eigenvalue weighted by molar-refractivity contribution is 5.53. The summed E-state index contributed by atoms with van der Waals surface area (Å²) in [4.78, 5) is 2.20. The van der Waals surface area contributed by atoms with Crippen molar-refractivity contribution in [3.63, 3.8) is 0 Å². The third kappa shape index (κ3) is 3.91. The van der Waals surface area contributed by atoms with E-state index in [0.29, 0.717) is 18.9 Å². The second-order valence-corrected chi connectivity index (χ2v) is 5.28. The van der Waals surface area contributed by atoms with Gasteiger partial charge in [0.1, 0.15) is 5.82 Å². The van der Waals surface area contributed by atoms with Gasteiger partial charge in [-0.3, -0.25) is 0 Å². The van der Waals surface area contributed by atoms with Crippen LogP contribution >= 0.6 is 0 Å². The summed E-state index contributed by atoms with van der Waals surface area (Å²) in [5.74, 6) is 0.371. The molecule has 0 radical (unpaired) electrons. The Balaban J connectivity index is 2.06. The van der Waals surface area contributed by atoms with Gasteiger partial charge in [0.2, 0.25) is 0 Å². The fourth-order valence-corrected chi connectivity index (χ4v) is 2.72. The van der Waals surface area contributed by atoms with Crippen molar-refractivity contribution in [1.82, 2.24) is 0 Å². The second kappa shape index (κ2) is 6.87. The molecule has 3 nitrogen and oxygen atoms in total. The fourth-order valence-electron chi connectivity index (χ4n) is 2.72. The highest BCUT2D eigenvalue weighted by atomic mass is 19.1. The Kier molecular flexibility index (Phi) is 5.16. The topological polar surface area (TPSA) is 38.5 Å². The van der Waals surface area contributed by atoms with Gasteiger partial charge >= 0.3 is 0 Å². The Morgan fingerprint density at radius 3 is 3.00 bits per heavy atom. The highest BCUT2D eigenvalue weighted by Gasteiger charge is 2.17. The molecule has 2 rings (SSSR count). The minimum Gasteiger partial charge on any atom is -0.381 e. The van der Waals surface area contributed by atoms with Gasteiger partial charge in [0.05, 0.1) is 6.61 Å². The van der Waals surface area contributed by atoms with Crippen molar-refractivity contribution in [1.29, 1.82) is 0 Å². The molecule has 1 atom stereocenters. The summed E-state index contributed by atoms with van der Waals surface area (Å²) >= 11 is 0. The van der Waals surface area contributed by atoms with Crippen LogP contribution in [0.25, 0.3) is 0 Å². The van der Waals surface area contributed by atoms with Gasteiger partial charge in [-0.1, -0.05) is 0 Å². The molecule has 0 bridgehead atoms. The fraction of sp³-hybridized carbons (Fsp3) is 0.600. The zero-order valence-electron chi connectivity index (χ0n) is 11.6. The predicted molar refractivity (Wildman–Crippen MR) is 76.0 cm³/mol. The number of nitrogens with zero attached hydrogens (tertiary/aromatic N) is 1. The standard InChI is InChI=1S/C15H23FN2O/c1-18(10-12-3-2-8-19-11-12)15-5-4-14(16)9-13(15)6-7-17/h4-5,9,12H,2-3,6-8,10-11,17H2,1H3. The molecule has 1 aromatic carbocycles. The summed E-state index contributed by atoms with van der Waals surface area (Å²) in [6.45, 7) is 3.20. The summed E-state index contributed by atoms with van der Waals surface area (Å²) in [5, 5.41) is 0. The van der Waals surface area contributed by atoms with Crippen LogP contribution in [0.1, 0.15) is 18.4 Å². The van der Waals surface area contributed by atoms with Crippen molar-refractivity contribution in [2.45, 2.75) is 19.3 Å². The van der Waals surface area contributed by atoms with E-state index in [1.165, 1.54) is 12.5 Å². The van der Waals surface area contributed by atoms with E-state index in [0.717, 1.165) is 37.4 Å². The summed E-state index contributed by atoms with van der Waals surface area (Å²) in [6.07, 6.45) is 3.05. The lowest BCUT2D eigenvalue weighted by Gasteiger charge is -2.29. The summed E-state index contributed by atoms with van der Waals surface area (Å²) in [6, 6.07) is 4.96. The Morgan fingerprint density at radius 2 is 2.32 bits per heavy atom. The van der Waals surface area contributed by atoms with E-state index in [4.69, 9.17) is 10.5 Å². The van der Waals surface area contributed by atoms with Crippen LogP contribution in [0.4, 0.5) is 10.1 Å². The normalized spacial score (nSPS) is 19.4. The number of halogens is 1. The van der Waals surface area contributed by atoms with Crippen molar-refractivity contribution in [2.75, 3.05) is 38.3 Å². The predicted octanol–water partition coefficient (Wildman–Crippen LogP) is 2.19. The summed E-state index contributed by atoms with van der Waals surface area (Å²) < 4.78 is 18.8. The molecule has 1 saturated heterocycles. The van der Waals surface area contributed by atoms with E-state index in [-0.39, 0.29) is 5.82 Å². The van der Waals surface area contributed by atoms with E-state index in [1.54, 1.807) is 6.07 Å². The van der Waals surface area contributed by atoms with Gasteiger partial charge < -0.3 is 15.4 Å². The van der Waals surface area contributed by atoms with Crippen molar-refractivity contribution in [3.05, 3.63) is 29.6 Å². The number of hydrogen-bond acceptors (Lipinski definition) is 3. The maximum atomic E-state index is 13.3. The van der Waals surface area contributed by atoms with E-state index >= 15 is 0 Å². The Morgan fingerprint density at radius 1 is 1.47 bits per heavy atom. The first kappa shape index (κ1) is 14.3. The number of rotatable bonds is 5. The molecule has 0 aromatic heterocycles. The Labute approximate surface area is 114 Å². The van der Waals surface area contributed by atoms with E-state index < -0.39 is 0 Å². The molecule has 1 aliphatic rings. The van der Waals surface area contributed by atoms with Crippen LogP contribution < -0.4 is 10.6 Å². The van der Waals surface area contributed by atoms with Crippen molar-refractivity contribution < 1.29 is 9.13 Å². The first-order valence-electron chi connectivity index (χ1n) is 6.98. The molecular weight excluding hydrogens is 243 g/mol. The molecule has 1 heterocycles. The maximum Gasteiger partial charge on any atom is 0.123 e. The number of nitrogens with two attached hydrogens (primary N) is 1. The first-order chi connectivity index (χ1) is 9.20. The third-order valence-electron chi connectivity index (χ3n) is 3.65. The quantitative estimate of drug-likeness (QED) is 0.888. The zero-order valence-corrected chi connectivity index (χ0v) is 11.6. The van der Waals surface area contributed by atoms with Crippen molar-refractivity contribution >= 4 is 5.69 Å². The summed E-state index contributed by atoms with van der Waals surface area (Å²) in [7, 11) is 2.06. The average Bonchev–Trinajstić information content (AvgIpc) is 2.40. The Bertz CT molecular complexity index is 405. The van der Waals surface area contributed by atoms with Gasteiger partial charge in [0.25, 0.3) is 0 Å². The van der Waals surface area contributed by atoms with Crippen molar-refractivity contribution in [3.8, 4) is 0 Å². The monoisotopic (exact) mass is 266 g/mol. The van der Waals surface area contributed by atoms with Crippen LogP contribution in [-0.2, 0) is 11.2 Å². The lowest BCUT2D eigenvalue weighted by molar-refractivity contribution is 0.0576. The van der Waals surface area contributed by atoms with Crippen LogP contribution in [0.15, 0.2) is 18.2 Å². The molecule has 2 N–H and O–H groups in total. The van der Waals surface area contributed by atoms with E-state index in [1.807, 2.05) is 6.07 Å². The smallest absolute Gasteiger partial charge is 0.123 e. The van der Waals surface area contributed by atoms with Gasteiger partial charge in [-0.2, -0.15) is 0 Å². The minimum atomic E-state index is -0.193. The van der Waals surface area contributed by atoms with Crippen LogP contribution in [0, 0.1) is 11.7 Å². The van der Waals surface area contributed by atoms with Gasteiger partial charge in [0, 0.05) is 25.9 Å². The van der Waals surface area contributed by atoms with Crippen LogP contribution in [0.3, 0.4) is 0 Å². The highest BCUT2D eigenvalue weighted by Crippen LogP contribution is 2.24. The van der Waals surface area contributed by atoms with Crippen LogP contribution in [0.2, 0.25) is 0 Å². The van der Waals surface area contributed by atoms with Crippen LogP contribution in [-0.4, -0.2) is 33.4 Å². The van der Waals surface area contributed by atoms with Gasteiger partial charge in [-0.15, -0.1) is 0 Å². The molecule has 19 heavy (non-hydrogen) atoms. The lowest BCUT2D eigenvalue weighted by atomic mass is 10.0. The molecule has 0 spiro atoms. The molecule has 0 saturated carbocycles. The average molecular weight is 266 g/mol. The number of benzene rings is 1. The van der Waals surface area contributed by atoms with E-state index in [9.17, 15) is 4.39 Å². The van der Waals surface area contributed by atoms with Gasteiger partial charge in [-0.25, -0.2) is 4.39 Å². The van der Waals surface area contributed by atoms with Crippen LogP contribution in [0.5, 0.6) is 0 Å². The number of anilines is 1. The first-order valence-corrected chi connectivity index (χ1v) is 6.98. The molecule has 0 amide bonds. The molecule has 1 fully saturated rings. The number of ether oxygens (including phenoxy) is 1. The Hall–Kier alpha value is -1.13. The molecule has 106 valence electrons. The zero-order chi connectivity index (χ0) is 13.7.